The molecule has 0 aliphatic heterocycles. The van der Waals surface area contributed by atoms with Gasteiger partial charge in [0.1, 0.15) is 30.2 Å². The largest absolute Gasteiger partial charge is 0.492 e. The highest BCUT2D eigenvalue weighted by Gasteiger charge is 2.16. The fourth-order valence-electron chi connectivity index (χ4n) is 4.39. The second kappa shape index (κ2) is 9.44. The maximum absolute atomic E-state index is 14.5. The molecule has 6 aromatic rings. The number of hydrogen-bond donors (Lipinski definition) is 2. The van der Waals surface area contributed by atoms with E-state index >= 15 is 0 Å². The molecule has 0 atom stereocenters. The van der Waals surface area contributed by atoms with Gasteiger partial charge in [0.25, 0.3) is 0 Å². The standard InChI is InChI=1S/C28H24FN7O/c1-36(2)7-8-37-21-10-18(9-20(29)12-21)27-23-13-26(33-24(23)5-6-32-27)28-22-11-17(3-4-25(22)34-35-28)19-14-30-16-31-15-19/h3-6,9-16,33H,7-8H2,1-2H3,(H,34,35). The summed E-state index contributed by atoms with van der Waals surface area (Å²) in [5.41, 5.74) is 6.64. The number of nitrogens with zero attached hydrogens (tertiary/aromatic N) is 5. The first-order valence-corrected chi connectivity index (χ1v) is 11.9. The van der Waals surface area contributed by atoms with Gasteiger partial charge < -0.3 is 14.6 Å². The zero-order valence-electron chi connectivity index (χ0n) is 20.4. The predicted octanol–water partition coefficient (Wildman–Crippen LogP) is 5.31. The summed E-state index contributed by atoms with van der Waals surface area (Å²) >= 11 is 0. The maximum atomic E-state index is 14.5. The maximum Gasteiger partial charge on any atom is 0.127 e. The molecule has 2 aromatic carbocycles. The zero-order chi connectivity index (χ0) is 25.4. The molecule has 37 heavy (non-hydrogen) atoms. The van der Waals surface area contributed by atoms with Gasteiger partial charge in [-0.15, -0.1) is 0 Å². The minimum Gasteiger partial charge on any atom is -0.492 e. The van der Waals surface area contributed by atoms with Crippen molar-refractivity contribution >= 4 is 21.8 Å². The molecule has 0 aliphatic rings. The Labute approximate surface area is 212 Å². The van der Waals surface area contributed by atoms with Crippen LogP contribution in [-0.4, -0.2) is 62.3 Å². The van der Waals surface area contributed by atoms with Crippen LogP contribution in [0, 0.1) is 5.82 Å². The molecule has 0 radical (unpaired) electrons. The Morgan fingerprint density at radius 3 is 2.54 bits per heavy atom. The topological polar surface area (TPSA) is 95.6 Å². The molecule has 0 saturated carbocycles. The quantitative estimate of drug-likeness (QED) is 0.313. The van der Waals surface area contributed by atoms with Crippen LogP contribution in [0.4, 0.5) is 4.39 Å². The van der Waals surface area contributed by atoms with E-state index in [1.165, 1.54) is 18.5 Å². The number of benzene rings is 2. The van der Waals surface area contributed by atoms with Crippen LogP contribution in [0.5, 0.6) is 5.75 Å². The summed E-state index contributed by atoms with van der Waals surface area (Å²) in [5.74, 6) is 0.102. The van der Waals surface area contributed by atoms with E-state index in [-0.39, 0.29) is 5.82 Å². The van der Waals surface area contributed by atoms with E-state index in [1.807, 2.05) is 49.3 Å². The molecule has 0 unspecified atom stereocenters. The molecule has 9 heteroatoms. The first kappa shape index (κ1) is 22.8. The number of rotatable bonds is 7. The molecule has 184 valence electrons. The zero-order valence-corrected chi connectivity index (χ0v) is 20.4. The highest BCUT2D eigenvalue weighted by molar-refractivity contribution is 6.00. The fourth-order valence-corrected chi connectivity index (χ4v) is 4.39. The Kier molecular flexibility index (Phi) is 5.82. The lowest BCUT2D eigenvalue weighted by molar-refractivity contribution is 0.260. The van der Waals surface area contributed by atoms with E-state index in [9.17, 15) is 4.39 Å². The van der Waals surface area contributed by atoms with Crippen molar-refractivity contribution in [3.63, 3.8) is 0 Å². The number of aromatic nitrogens is 6. The Bertz CT molecular complexity index is 1710. The van der Waals surface area contributed by atoms with Gasteiger partial charge in [-0.1, -0.05) is 6.07 Å². The summed E-state index contributed by atoms with van der Waals surface area (Å²) in [6.45, 7) is 1.20. The van der Waals surface area contributed by atoms with Gasteiger partial charge in [-0.25, -0.2) is 14.4 Å². The van der Waals surface area contributed by atoms with E-state index in [1.54, 1.807) is 18.6 Å². The molecule has 2 N–H and O–H groups in total. The minimum atomic E-state index is -0.373. The summed E-state index contributed by atoms with van der Waals surface area (Å²) in [6.07, 6.45) is 6.79. The van der Waals surface area contributed by atoms with Gasteiger partial charge >= 0.3 is 0 Å². The summed E-state index contributed by atoms with van der Waals surface area (Å²) in [6, 6.07) is 14.7. The van der Waals surface area contributed by atoms with Gasteiger partial charge in [-0.2, -0.15) is 5.10 Å². The SMILES string of the molecule is CN(C)CCOc1cc(F)cc(-c2nccc3[nH]c(-c4n[nH]c5ccc(-c6cncnc6)cc45)cc23)c1. The van der Waals surface area contributed by atoms with Gasteiger partial charge in [0.2, 0.25) is 0 Å². The van der Waals surface area contributed by atoms with Crippen LogP contribution in [0.15, 0.2) is 73.4 Å². The van der Waals surface area contributed by atoms with E-state index in [0.717, 1.165) is 50.9 Å². The molecule has 0 amide bonds. The lowest BCUT2D eigenvalue weighted by Gasteiger charge is -2.12. The first-order chi connectivity index (χ1) is 18.0. The number of fused-ring (bicyclic) bond motifs is 2. The lowest BCUT2D eigenvalue weighted by Crippen LogP contribution is -2.19. The van der Waals surface area contributed by atoms with Crippen LogP contribution in [0.1, 0.15) is 0 Å². The molecule has 8 nitrogen and oxygen atoms in total. The summed E-state index contributed by atoms with van der Waals surface area (Å²) < 4.78 is 20.3. The summed E-state index contributed by atoms with van der Waals surface area (Å²) in [7, 11) is 3.93. The van der Waals surface area contributed by atoms with Crippen molar-refractivity contribution in [1.82, 2.24) is 35.0 Å². The van der Waals surface area contributed by atoms with Crippen molar-refractivity contribution in [2.75, 3.05) is 27.2 Å². The molecule has 4 heterocycles. The number of ether oxygens (including phenoxy) is 1. The van der Waals surface area contributed by atoms with Crippen LogP contribution in [0.3, 0.4) is 0 Å². The van der Waals surface area contributed by atoms with E-state index in [0.29, 0.717) is 23.6 Å². The van der Waals surface area contributed by atoms with E-state index in [4.69, 9.17) is 4.74 Å². The first-order valence-electron chi connectivity index (χ1n) is 11.9. The molecular weight excluding hydrogens is 469 g/mol. The van der Waals surface area contributed by atoms with Gasteiger partial charge in [0.05, 0.1) is 16.9 Å². The fraction of sp³-hybridized carbons (Fsp3) is 0.143. The number of hydrogen-bond acceptors (Lipinski definition) is 6. The highest BCUT2D eigenvalue weighted by atomic mass is 19.1. The highest BCUT2D eigenvalue weighted by Crippen LogP contribution is 2.35. The van der Waals surface area contributed by atoms with Crippen molar-refractivity contribution in [2.24, 2.45) is 0 Å². The molecule has 6 rings (SSSR count). The third-order valence-electron chi connectivity index (χ3n) is 6.21. The number of aromatic amines is 2. The Hall–Kier alpha value is -4.63. The van der Waals surface area contributed by atoms with Gasteiger partial charge in [-0.3, -0.25) is 10.1 Å². The van der Waals surface area contributed by atoms with Crippen molar-refractivity contribution in [2.45, 2.75) is 0 Å². The smallest absolute Gasteiger partial charge is 0.127 e. The van der Waals surface area contributed by atoms with Crippen molar-refractivity contribution in [3.8, 4) is 39.5 Å². The van der Waals surface area contributed by atoms with Crippen LogP contribution in [-0.2, 0) is 0 Å². The average molecular weight is 494 g/mol. The van der Waals surface area contributed by atoms with E-state index in [2.05, 4.69) is 36.2 Å². The average Bonchev–Trinajstić information content (AvgIpc) is 3.52. The molecule has 0 spiro atoms. The normalized spacial score (nSPS) is 11.6. The molecular formula is C28H24FN7O. The van der Waals surface area contributed by atoms with Crippen molar-refractivity contribution in [3.05, 3.63) is 79.3 Å². The second-order valence-corrected chi connectivity index (χ2v) is 9.09. The third kappa shape index (κ3) is 4.52. The molecule has 0 aliphatic carbocycles. The number of pyridine rings is 1. The van der Waals surface area contributed by atoms with Gasteiger partial charge in [0.15, 0.2) is 0 Å². The molecule has 0 bridgehead atoms. The van der Waals surface area contributed by atoms with Crippen LogP contribution in [0.2, 0.25) is 0 Å². The lowest BCUT2D eigenvalue weighted by atomic mass is 10.0. The summed E-state index contributed by atoms with van der Waals surface area (Å²) in [5, 5.41) is 9.52. The Morgan fingerprint density at radius 2 is 1.70 bits per heavy atom. The van der Waals surface area contributed by atoms with Crippen LogP contribution in [0.25, 0.3) is 55.6 Å². The Balaban J connectivity index is 1.41. The number of nitrogens with one attached hydrogen (secondary N) is 2. The van der Waals surface area contributed by atoms with Gasteiger partial charge in [-0.05, 0) is 56.1 Å². The second-order valence-electron chi connectivity index (χ2n) is 9.09. The molecule has 4 aromatic heterocycles. The molecule has 0 fully saturated rings. The van der Waals surface area contributed by atoms with E-state index < -0.39 is 0 Å². The van der Waals surface area contributed by atoms with Crippen LogP contribution >= 0.6 is 0 Å². The van der Waals surface area contributed by atoms with Crippen molar-refractivity contribution < 1.29 is 9.13 Å². The summed E-state index contributed by atoms with van der Waals surface area (Å²) in [4.78, 5) is 18.3. The van der Waals surface area contributed by atoms with Crippen molar-refractivity contribution in [1.29, 1.82) is 0 Å². The number of H-pyrrole nitrogens is 2. The number of likely N-dealkylation sites (N-methyl/N-ethyl adjacent to an activating group) is 1. The third-order valence-corrected chi connectivity index (χ3v) is 6.21. The monoisotopic (exact) mass is 493 g/mol. The Morgan fingerprint density at radius 1 is 0.865 bits per heavy atom. The van der Waals surface area contributed by atoms with Gasteiger partial charge in [0, 0.05) is 58.6 Å². The number of halogens is 1. The predicted molar refractivity (Wildman–Crippen MR) is 142 cm³/mol. The minimum absolute atomic E-state index is 0.373. The van der Waals surface area contributed by atoms with Crippen LogP contribution < -0.4 is 4.74 Å². The molecule has 0 saturated heterocycles.